The van der Waals surface area contributed by atoms with Gasteiger partial charge in [0.2, 0.25) is 0 Å². The Bertz CT molecular complexity index is 689. The van der Waals surface area contributed by atoms with E-state index in [1.165, 1.54) is 0 Å². The SMILES string of the molecule is C[C@H]1CN2CCN(C(=O)OCc3ccccc3)C[C@H]2CN1C(=O)OC(C)(C)C. The highest BCUT2D eigenvalue weighted by molar-refractivity contribution is 5.69. The Hall–Kier alpha value is -2.28. The van der Waals surface area contributed by atoms with Gasteiger partial charge in [0.1, 0.15) is 12.2 Å². The fourth-order valence-corrected chi connectivity index (χ4v) is 3.70. The first-order chi connectivity index (χ1) is 13.2. The number of hydrogen-bond donors (Lipinski definition) is 0. The minimum atomic E-state index is -0.520. The molecule has 2 saturated heterocycles. The third kappa shape index (κ3) is 5.16. The Kier molecular flexibility index (Phi) is 6.13. The quantitative estimate of drug-likeness (QED) is 0.778. The van der Waals surface area contributed by atoms with Crippen molar-refractivity contribution < 1.29 is 19.1 Å². The van der Waals surface area contributed by atoms with Crippen LogP contribution in [0.15, 0.2) is 30.3 Å². The topological polar surface area (TPSA) is 62.3 Å². The third-order valence-corrected chi connectivity index (χ3v) is 5.13. The number of carbonyl (C=O) groups is 2. The molecule has 0 saturated carbocycles. The predicted molar refractivity (Wildman–Crippen MR) is 106 cm³/mol. The summed E-state index contributed by atoms with van der Waals surface area (Å²) in [4.78, 5) is 30.9. The van der Waals surface area contributed by atoms with Gasteiger partial charge in [-0.3, -0.25) is 4.90 Å². The van der Waals surface area contributed by atoms with E-state index in [0.717, 1.165) is 18.7 Å². The minimum absolute atomic E-state index is 0.0858. The zero-order valence-electron chi connectivity index (χ0n) is 17.3. The maximum absolute atomic E-state index is 12.6. The third-order valence-electron chi connectivity index (χ3n) is 5.13. The van der Waals surface area contributed by atoms with Crippen molar-refractivity contribution in [1.82, 2.24) is 14.7 Å². The van der Waals surface area contributed by atoms with E-state index in [0.29, 0.717) is 19.6 Å². The molecule has 0 aliphatic carbocycles. The maximum atomic E-state index is 12.6. The van der Waals surface area contributed by atoms with Crippen LogP contribution in [-0.4, -0.2) is 77.3 Å². The van der Waals surface area contributed by atoms with Crippen LogP contribution in [0.5, 0.6) is 0 Å². The number of carbonyl (C=O) groups excluding carboxylic acids is 2. The van der Waals surface area contributed by atoms with Crippen molar-refractivity contribution in [3.05, 3.63) is 35.9 Å². The van der Waals surface area contributed by atoms with Crippen LogP contribution in [-0.2, 0) is 16.1 Å². The van der Waals surface area contributed by atoms with Crippen LogP contribution in [0, 0.1) is 0 Å². The predicted octanol–water partition coefficient (Wildman–Crippen LogP) is 2.95. The number of benzene rings is 1. The number of hydrogen-bond acceptors (Lipinski definition) is 5. The fourth-order valence-electron chi connectivity index (χ4n) is 3.70. The summed E-state index contributed by atoms with van der Waals surface area (Å²) in [6.07, 6.45) is -0.589. The van der Waals surface area contributed by atoms with E-state index in [-0.39, 0.29) is 30.9 Å². The van der Waals surface area contributed by atoms with Gasteiger partial charge in [0.05, 0.1) is 0 Å². The highest BCUT2D eigenvalue weighted by Crippen LogP contribution is 2.22. The molecule has 2 aliphatic rings. The summed E-state index contributed by atoms with van der Waals surface area (Å²) >= 11 is 0. The number of rotatable bonds is 2. The average molecular weight is 389 g/mol. The summed E-state index contributed by atoms with van der Waals surface area (Å²) in [5.41, 5.74) is 0.449. The molecule has 0 N–H and O–H groups in total. The summed E-state index contributed by atoms with van der Waals surface area (Å²) < 4.78 is 11.0. The van der Waals surface area contributed by atoms with Crippen molar-refractivity contribution in [3.63, 3.8) is 0 Å². The summed E-state index contributed by atoms with van der Waals surface area (Å²) in [6, 6.07) is 9.85. The van der Waals surface area contributed by atoms with Crippen LogP contribution in [0.3, 0.4) is 0 Å². The molecule has 0 bridgehead atoms. The van der Waals surface area contributed by atoms with Crippen LogP contribution < -0.4 is 0 Å². The van der Waals surface area contributed by atoms with Gasteiger partial charge in [-0.2, -0.15) is 0 Å². The summed E-state index contributed by atoms with van der Waals surface area (Å²) in [5, 5.41) is 0. The second kappa shape index (κ2) is 8.39. The van der Waals surface area contributed by atoms with Crippen LogP contribution in [0.4, 0.5) is 9.59 Å². The monoisotopic (exact) mass is 389 g/mol. The van der Waals surface area contributed by atoms with E-state index in [4.69, 9.17) is 9.47 Å². The zero-order chi connectivity index (χ0) is 20.3. The van der Waals surface area contributed by atoms with Crippen LogP contribution in [0.1, 0.15) is 33.3 Å². The van der Waals surface area contributed by atoms with Crippen molar-refractivity contribution in [1.29, 1.82) is 0 Å². The number of nitrogens with zero attached hydrogens (tertiary/aromatic N) is 3. The highest BCUT2D eigenvalue weighted by Gasteiger charge is 2.40. The number of piperazine rings is 2. The van der Waals surface area contributed by atoms with Gasteiger partial charge in [-0.05, 0) is 33.3 Å². The van der Waals surface area contributed by atoms with E-state index in [2.05, 4.69) is 4.90 Å². The van der Waals surface area contributed by atoms with Gasteiger partial charge in [-0.1, -0.05) is 30.3 Å². The Morgan fingerprint density at radius 3 is 2.43 bits per heavy atom. The number of amides is 2. The number of fused-ring (bicyclic) bond motifs is 1. The summed E-state index contributed by atoms with van der Waals surface area (Å²) in [6.45, 7) is 11.3. The molecule has 28 heavy (non-hydrogen) atoms. The van der Waals surface area contributed by atoms with Crippen molar-refractivity contribution in [3.8, 4) is 0 Å². The first-order valence-electron chi connectivity index (χ1n) is 9.92. The highest BCUT2D eigenvalue weighted by atomic mass is 16.6. The lowest BCUT2D eigenvalue weighted by molar-refractivity contribution is -0.0320. The molecule has 2 amide bonds. The molecule has 2 heterocycles. The second-order valence-corrected chi connectivity index (χ2v) is 8.62. The van der Waals surface area contributed by atoms with Crippen molar-refractivity contribution in [2.45, 2.75) is 52.0 Å². The first kappa shape index (κ1) is 20.5. The molecular weight excluding hydrogens is 358 g/mol. The van der Waals surface area contributed by atoms with Crippen molar-refractivity contribution in [2.24, 2.45) is 0 Å². The molecule has 0 unspecified atom stereocenters. The Morgan fingerprint density at radius 2 is 1.75 bits per heavy atom. The van der Waals surface area contributed by atoms with Crippen molar-refractivity contribution >= 4 is 12.2 Å². The van der Waals surface area contributed by atoms with Crippen molar-refractivity contribution in [2.75, 3.05) is 32.7 Å². The molecule has 2 fully saturated rings. The maximum Gasteiger partial charge on any atom is 0.410 e. The van der Waals surface area contributed by atoms with Gasteiger partial charge in [0.25, 0.3) is 0 Å². The molecule has 0 radical (unpaired) electrons. The Labute approximate surface area is 167 Å². The van der Waals surface area contributed by atoms with Gasteiger partial charge in [-0.25, -0.2) is 9.59 Å². The van der Waals surface area contributed by atoms with Gasteiger partial charge in [-0.15, -0.1) is 0 Å². The fraction of sp³-hybridized carbons (Fsp3) is 0.619. The van der Waals surface area contributed by atoms with Gasteiger partial charge in [0.15, 0.2) is 0 Å². The minimum Gasteiger partial charge on any atom is -0.445 e. The molecule has 7 heteroatoms. The number of ether oxygens (including phenoxy) is 2. The van der Waals surface area contributed by atoms with E-state index in [1.54, 1.807) is 9.80 Å². The van der Waals surface area contributed by atoms with Crippen LogP contribution in [0.2, 0.25) is 0 Å². The molecule has 2 aliphatic heterocycles. The Morgan fingerprint density at radius 1 is 1.04 bits per heavy atom. The normalized spacial score (nSPS) is 23.1. The first-order valence-corrected chi connectivity index (χ1v) is 9.92. The molecule has 0 aromatic heterocycles. The second-order valence-electron chi connectivity index (χ2n) is 8.62. The van der Waals surface area contributed by atoms with Crippen LogP contribution >= 0.6 is 0 Å². The smallest absolute Gasteiger partial charge is 0.410 e. The molecule has 1 aromatic rings. The lowest BCUT2D eigenvalue weighted by atomic mass is 10.0. The Balaban J connectivity index is 1.56. The van der Waals surface area contributed by atoms with E-state index >= 15 is 0 Å². The standard InChI is InChI=1S/C21H31N3O4/c1-16-12-22-10-11-23(19(25)27-15-17-8-6-5-7-9-17)13-18(22)14-24(16)20(26)28-21(2,3)4/h5-9,16,18H,10-15H2,1-4H3/t16-,18-/m0/s1. The van der Waals surface area contributed by atoms with Gasteiger partial charge >= 0.3 is 12.2 Å². The largest absolute Gasteiger partial charge is 0.445 e. The van der Waals surface area contributed by atoms with E-state index < -0.39 is 5.60 Å². The molecular formula is C21H31N3O4. The van der Waals surface area contributed by atoms with Gasteiger partial charge < -0.3 is 19.3 Å². The summed E-state index contributed by atoms with van der Waals surface area (Å²) in [7, 11) is 0. The average Bonchev–Trinajstić information content (AvgIpc) is 2.64. The molecule has 3 rings (SSSR count). The van der Waals surface area contributed by atoms with E-state index in [1.807, 2.05) is 58.0 Å². The molecule has 0 spiro atoms. The lowest BCUT2D eigenvalue weighted by Gasteiger charge is -2.49. The van der Waals surface area contributed by atoms with Gasteiger partial charge in [0, 0.05) is 44.8 Å². The molecule has 2 atom stereocenters. The van der Waals surface area contributed by atoms with E-state index in [9.17, 15) is 9.59 Å². The molecule has 154 valence electrons. The molecule has 1 aromatic carbocycles. The summed E-state index contributed by atoms with van der Waals surface area (Å²) in [5.74, 6) is 0. The lowest BCUT2D eigenvalue weighted by Crippen LogP contribution is -2.66. The zero-order valence-corrected chi connectivity index (χ0v) is 17.3. The molecule has 7 nitrogen and oxygen atoms in total. The van der Waals surface area contributed by atoms with Crippen LogP contribution in [0.25, 0.3) is 0 Å².